The smallest absolute Gasteiger partial charge is 0.0162 e. The molecular formula is C14H24N2. The Bertz CT molecular complexity index is 293. The van der Waals surface area contributed by atoms with Crippen molar-refractivity contribution in [3.8, 4) is 0 Å². The van der Waals surface area contributed by atoms with Gasteiger partial charge in [-0.15, -0.1) is 0 Å². The minimum atomic E-state index is 0.198. The number of hydrogen-bond acceptors (Lipinski definition) is 2. The Morgan fingerprint density at radius 2 is 1.81 bits per heavy atom. The van der Waals surface area contributed by atoms with Crippen molar-refractivity contribution in [1.29, 1.82) is 0 Å². The van der Waals surface area contributed by atoms with Gasteiger partial charge in [-0.2, -0.15) is 0 Å². The average molecular weight is 220 g/mol. The van der Waals surface area contributed by atoms with E-state index in [0.717, 1.165) is 25.9 Å². The van der Waals surface area contributed by atoms with Crippen LogP contribution in [-0.4, -0.2) is 30.6 Å². The standard InChI is InChI=1S/C14H24N2/c1-14(2,10-11-15)16(3)12-9-13-7-5-4-6-8-13/h4-8H,9-12,15H2,1-3H3. The van der Waals surface area contributed by atoms with Crippen molar-refractivity contribution in [1.82, 2.24) is 4.90 Å². The minimum Gasteiger partial charge on any atom is -0.330 e. The Labute approximate surface area is 99.5 Å². The molecule has 0 heterocycles. The van der Waals surface area contributed by atoms with E-state index in [0.29, 0.717) is 0 Å². The number of likely N-dealkylation sites (N-methyl/N-ethyl adjacent to an activating group) is 1. The van der Waals surface area contributed by atoms with Crippen molar-refractivity contribution in [2.75, 3.05) is 20.1 Å². The number of hydrogen-bond donors (Lipinski definition) is 1. The van der Waals surface area contributed by atoms with Crippen LogP contribution in [0.15, 0.2) is 30.3 Å². The zero-order valence-corrected chi connectivity index (χ0v) is 10.7. The Hall–Kier alpha value is -0.860. The van der Waals surface area contributed by atoms with Crippen LogP contribution in [0.5, 0.6) is 0 Å². The van der Waals surface area contributed by atoms with Gasteiger partial charge in [-0.1, -0.05) is 30.3 Å². The maximum Gasteiger partial charge on any atom is 0.0162 e. The molecule has 0 saturated carbocycles. The molecule has 0 atom stereocenters. The van der Waals surface area contributed by atoms with Gasteiger partial charge in [0, 0.05) is 12.1 Å². The fraction of sp³-hybridized carbons (Fsp3) is 0.571. The number of nitrogens with zero attached hydrogens (tertiary/aromatic N) is 1. The normalized spacial score (nSPS) is 12.1. The molecule has 0 aromatic heterocycles. The van der Waals surface area contributed by atoms with Crippen molar-refractivity contribution in [3.05, 3.63) is 35.9 Å². The van der Waals surface area contributed by atoms with E-state index in [-0.39, 0.29) is 5.54 Å². The zero-order chi connectivity index (χ0) is 12.0. The second kappa shape index (κ2) is 6.02. The van der Waals surface area contributed by atoms with E-state index in [1.807, 2.05) is 0 Å². The van der Waals surface area contributed by atoms with Crippen LogP contribution in [0.25, 0.3) is 0 Å². The molecule has 1 rings (SSSR count). The van der Waals surface area contributed by atoms with Gasteiger partial charge >= 0.3 is 0 Å². The molecule has 0 fully saturated rings. The van der Waals surface area contributed by atoms with E-state index >= 15 is 0 Å². The highest BCUT2D eigenvalue weighted by atomic mass is 15.2. The van der Waals surface area contributed by atoms with Crippen LogP contribution in [0.1, 0.15) is 25.8 Å². The number of benzene rings is 1. The molecule has 0 saturated heterocycles. The van der Waals surface area contributed by atoms with Gasteiger partial charge in [0.25, 0.3) is 0 Å². The summed E-state index contributed by atoms with van der Waals surface area (Å²) in [6.45, 7) is 6.34. The summed E-state index contributed by atoms with van der Waals surface area (Å²) in [5, 5.41) is 0. The minimum absolute atomic E-state index is 0.198. The number of rotatable bonds is 6. The molecule has 0 bridgehead atoms. The summed E-state index contributed by atoms with van der Waals surface area (Å²) in [5.74, 6) is 0. The number of nitrogens with two attached hydrogens (primary N) is 1. The lowest BCUT2D eigenvalue weighted by Crippen LogP contribution is -2.43. The predicted molar refractivity (Wildman–Crippen MR) is 70.5 cm³/mol. The Balaban J connectivity index is 2.43. The Morgan fingerprint density at radius 3 is 2.38 bits per heavy atom. The fourth-order valence-electron chi connectivity index (χ4n) is 1.79. The average Bonchev–Trinajstić information content (AvgIpc) is 2.27. The molecule has 0 aliphatic rings. The lowest BCUT2D eigenvalue weighted by Gasteiger charge is -2.35. The molecule has 90 valence electrons. The summed E-state index contributed by atoms with van der Waals surface area (Å²) in [7, 11) is 2.18. The van der Waals surface area contributed by atoms with Crippen LogP contribution in [0.3, 0.4) is 0 Å². The third-order valence-corrected chi connectivity index (χ3v) is 3.37. The largest absolute Gasteiger partial charge is 0.330 e. The van der Waals surface area contributed by atoms with Gasteiger partial charge < -0.3 is 10.6 Å². The monoisotopic (exact) mass is 220 g/mol. The first-order valence-electron chi connectivity index (χ1n) is 6.01. The molecule has 16 heavy (non-hydrogen) atoms. The van der Waals surface area contributed by atoms with Crippen molar-refractivity contribution < 1.29 is 0 Å². The van der Waals surface area contributed by atoms with Gasteiger partial charge in [-0.25, -0.2) is 0 Å². The van der Waals surface area contributed by atoms with Crippen molar-refractivity contribution in [3.63, 3.8) is 0 Å². The highest BCUT2D eigenvalue weighted by Gasteiger charge is 2.21. The van der Waals surface area contributed by atoms with Crippen molar-refractivity contribution in [2.45, 2.75) is 32.2 Å². The molecular weight excluding hydrogens is 196 g/mol. The molecule has 1 aromatic rings. The maximum atomic E-state index is 5.63. The molecule has 2 heteroatoms. The van der Waals surface area contributed by atoms with Gasteiger partial charge in [0.15, 0.2) is 0 Å². The van der Waals surface area contributed by atoms with E-state index in [9.17, 15) is 0 Å². The highest BCUT2D eigenvalue weighted by Crippen LogP contribution is 2.16. The molecule has 0 aliphatic heterocycles. The third kappa shape index (κ3) is 3.95. The molecule has 0 spiro atoms. The lowest BCUT2D eigenvalue weighted by molar-refractivity contribution is 0.150. The first-order valence-corrected chi connectivity index (χ1v) is 6.01. The predicted octanol–water partition coefficient (Wildman–Crippen LogP) is 2.29. The highest BCUT2D eigenvalue weighted by molar-refractivity contribution is 5.14. The summed E-state index contributed by atoms with van der Waals surface area (Å²) in [6, 6.07) is 10.6. The molecule has 0 radical (unpaired) electrons. The van der Waals surface area contributed by atoms with E-state index in [2.05, 4.69) is 56.1 Å². The van der Waals surface area contributed by atoms with Crippen LogP contribution >= 0.6 is 0 Å². The fourth-order valence-corrected chi connectivity index (χ4v) is 1.79. The van der Waals surface area contributed by atoms with E-state index in [1.165, 1.54) is 5.56 Å². The van der Waals surface area contributed by atoms with E-state index in [4.69, 9.17) is 5.73 Å². The molecule has 0 aliphatic carbocycles. The Kier molecular flexibility index (Phi) is 4.97. The second-order valence-corrected chi connectivity index (χ2v) is 5.01. The van der Waals surface area contributed by atoms with Crippen LogP contribution in [0, 0.1) is 0 Å². The maximum absolute atomic E-state index is 5.63. The van der Waals surface area contributed by atoms with Crippen molar-refractivity contribution >= 4 is 0 Å². The summed E-state index contributed by atoms with van der Waals surface area (Å²) in [4.78, 5) is 2.40. The third-order valence-electron chi connectivity index (χ3n) is 3.37. The van der Waals surface area contributed by atoms with Crippen LogP contribution in [0.2, 0.25) is 0 Å². The van der Waals surface area contributed by atoms with Crippen LogP contribution in [0.4, 0.5) is 0 Å². The summed E-state index contributed by atoms with van der Waals surface area (Å²) < 4.78 is 0. The van der Waals surface area contributed by atoms with Gasteiger partial charge in [0.05, 0.1) is 0 Å². The van der Waals surface area contributed by atoms with Gasteiger partial charge in [0.1, 0.15) is 0 Å². The Morgan fingerprint density at radius 1 is 1.19 bits per heavy atom. The van der Waals surface area contributed by atoms with Gasteiger partial charge in [-0.3, -0.25) is 0 Å². The van der Waals surface area contributed by atoms with Crippen molar-refractivity contribution in [2.24, 2.45) is 5.73 Å². The SMILES string of the molecule is CN(CCc1ccccc1)C(C)(C)CCN. The van der Waals surface area contributed by atoms with E-state index < -0.39 is 0 Å². The molecule has 2 N–H and O–H groups in total. The lowest BCUT2D eigenvalue weighted by atomic mass is 9.98. The summed E-state index contributed by atoms with van der Waals surface area (Å²) in [6.07, 6.45) is 2.14. The topological polar surface area (TPSA) is 29.3 Å². The van der Waals surface area contributed by atoms with Crippen LogP contribution < -0.4 is 5.73 Å². The molecule has 2 nitrogen and oxygen atoms in total. The quantitative estimate of drug-likeness (QED) is 0.797. The molecule has 1 aromatic carbocycles. The zero-order valence-electron chi connectivity index (χ0n) is 10.7. The van der Waals surface area contributed by atoms with Gasteiger partial charge in [0.2, 0.25) is 0 Å². The van der Waals surface area contributed by atoms with E-state index in [1.54, 1.807) is 0 Å². The first-order chi connectivity index (χ1) is 7.56. The molecule has 0 amide bonds. The summed E-state index contributed by atoms with van der Waals surface area (Å²) >= 11 is 0. The summed E-state index contributed by atoms with van der Waals surface area (Å²) in [5.41, 5.74) is 7.23. The second-order valence-electron chi connectivity index (χ2n) is 5.01. The van der Waals surface area contributed by atoms with Crippen LogP contribution in [-0.2, 0) is 6.42 Å². The molecule has 0 unspecified atom stereocenters. The first kappa shape index (κ1) is 13.2. The van der Waals surface area contributed by atoms with Gasteiger partial charge in [-0.05, 0) is 45.8 Å².